The number of benzene rings is 3. The molecule has 5 rings (SSSR count). The molecule has 1 fully saturated rings. The summed E-state index contributed by atoms with van der Waals surface area (Å²) in [6.07, 6.45) is 1.44. The second-order valence-corrected chi connectivity index (χ2v) is 7.69. The minimum absolute atomic E-state index is 0.0989. The van der Waals surface area contributed by atoms with E-state index in [-0.39, 0.29) is 6.10 Å². The normalized spacial score (nSPS) is 15.3. The molecule has 1 unspecified atom stereocenters. The van der Waals surface area contributed by atoms with E-state index < -0.39 is 0 Å². The van der Waals surface area contributed by atoms with E-state index in [0.717, 1.165) is 41.0 Å². The van der Waals surface area contributed by atoms with Crippen LogP contribution in [-0.4, -0.2) is 42.9 Å². The van der Waals surface area contributed by atoms with Crippen molar-refractivity contribution in [2.24, 2.45) is 0 Å². The van der Waals surface area contributed by atoms with Crippen molar-refractivity contribution >= 4 is 22.4 Å². The van der Waals surface area contributed by atoms with Gasteiger partial charge in [-0.25, -0.2) is 9.97 Å². The maximum atomic E-state index is 5.96. The molecule has 34 heavy (non-hydrogen) atoms. The van der Waals surface area contributed by atoms with Crippen molar-refractivity contribution in [1.82, 2.24) is 15.3 Å². The molecule has 0 aliphatic carbocycles. The van der Waals surface area contributed by atoms with Gasteiger partial charge in [0.15, 0.2) is 11.5 Å². The summed E-state index contributed by atoms with van der Waals surface area (Å²) in [7, 11) is 1.62. The van der Waals surface area contributed by atoms with Crippen LogP contribution in [0.4, 0.5) is 11.5 Å². The van der Waals surface area contributed by atoms with Crippen molar-refractivity contribution in [3.63, 3.8) is 0 Å². The van der Waals surface area contributed by atoms with Gasteiger partial charge in [-0.05, 0) is 42.5 Å². The van der Waals surface area contributed by atoms with Gasteiger partial charge in [-0.2, -0.15) is 0 Å². The Balaban J connectivity index is 1.40. The van der Waals surface area contributed by atoms with Crippen LogP contribution in [0, 0.1) is 11.8 Å². The summed E-state index contributed by atoms with van der Waals surface area (Å²) in [6, 6.07) is 21.2. The van der Waals surface area contributed by atoms with Crippen LogP contribution in [0.5, 0.6) is 17.2 Å². The molecule has 1 atom stereocenters. The fourth-order valence-electron chi connectivity index (χ4n) is 3.64. The number of morpholine rings is 1. The molecule has 4 aromatic rings. The number of ether oxygens (including phenoxy) is 3. The molecule has 1 saturated heterocycles. The first-order chi connectivity index (χ1) is 16.8. The van der Waals surface area contributed by atoms with Crippen LogP contribution in [0.1, 0.15) is 5.56 Å². The van der Waals surface area contributed by atoms with Gasteiger partial charge in [0.25, 0.3) is 0 Å². The highest BCUT2D eigenvalue weighted by Gasteiger charge is 2.11. The van der Waals surface area contributed by atoms with Crippen molar-refractivity contribution in [3.05, 3.63) is 78.6 Å². The van der Waals surface area contributed by atoms with Gasteiger partial charge in [-0.3, -0.25) is 0 Å². The van der Waals surface area contributed by atoms with E-state index in [1.165, 1.54) is 0 Å². The monoisotopic (exact) mass is 452 g/mol. The third-order valence-corrected chi connectivity index (χ3v) is 5.34. The molecular weight excluding hydrogens is 428 g/mol. The quantitative estimate of drug-likeness (QED) is 0.431. The number of nitrogens with zero attached hydrogens (tertiary/aromatic N) is 2. The Morgan fingerprint density at radius 1 is 1.03 bits per heavy atom. The SMILES string of the molecule is COc1cc(Nc2ncnc3ccc(C#CC4CNCCO4)cc23)ccc1Oc1ccccc1. The van der Waals surface area contributed by atoms with E-state index >= 15 is 0 Å². The van der Waals surface area contributed by atoms with Crippen LogP contribution in [0.2, 0.25) is 0 Å². The minimum Gasteiger partial charge on any atom is -0.493 e. The van der Waals surface area contributed by atoms with Crippen molar-refractivity contribution in [2.45, 2.75) is 6.10 Å². The van der Waals surface area contributed by atoms with Gasteiger partial charge in [0.1, 0.15) is 24.0 Å². The van der Waals surface area contributed by atoms with Crippen LogP contribution in [0.25, 0.3) is 10.9 Å². The van der Waals surface area contributed by atoms with E-state index in [1.807, 2.05) is 66.7 Å². The number of hydrogen-bond donors (Lipinski definition) is 2. The van der Waals surface area contributed by atoms with Crippen molar-refractivity contribution in [3.8, 4) is 29.1 Å². The second-order valence-electron chi connectivity index (χ2n) is 7.69. The first-order valence-electron chi connectivity index (χ1n) is 11.0. The number of fused-ring (bicyclic) bond motifs is 1. The zero-order valence-electron chi connectivity index (χ0n) is 18.7. The second kappa shape index (κ2) is 10.2. The lowest BCUT2D eigenvalue weighted by molar-refractivity contribution is 0.0651. The Morgan fingerprint density at radius 2 is 1.94 bits per heavy atom. The van der Waals surface area contributed by atoms with Crippen molar-refractivity contribution < 1.29 is 14.2 Å². The molecule has 1 aromatic heterocycles. The van der Waals surface area contributed by atoms with Gasteiger partial charge in [-0.15, -0.1) is 0 Å². The van der Waals surface area contributed by atoms with Crippen LogP contribution in [0.3, 0.4) is 0 Å². The average Bonchev–Trinajstić information content (AvgIpc) is 2.90. The van der Waals surface area contributed by atoms with Crippen LogP contribution in [0.15, 0.2) is 73.1 Å². The maximum Gasteiger partial charge on any atom is 0.169 e. The molecule has 0 amide bonds. The summed E-state index contributed by atoms with van der Waals surface area (Å²) in [5.41, 5.74) is 2.52. The van der Waals surface area contributed by atoms with Crippen LogP contribution >= 0.6 is 0 Å². The molecule has 0 saturated carbocycles. The minimum atomic E-state index is -0.0989. The van der Waals surface area contributed by atoms with Gasteiger partial charge in [0.05, 0.1) is 19.2 Å². The zero-order valence-corrected chi connectivity index (χ0v) is 18.7. The highest BCUT2D eigenvalue weighted by Crippen LogP contribution is 2.35. The highest BCUT2D eigenvalue weighted by atomic mass is 16.5. The molecule has 2 heterocycles. The Kier molecular flexibility index (Phi) is 6.52. The smallest absolute Gasteiger partial charge is 0.169 e. The summed E-state index contributed by atoms with van der Waals surface area (Å²) in [5, 5.41) is 7.54. The topological polar surface area (TPSA) is 77.5 Å². The molecule has 7 nitrogen and oxygen atoms in total. The third kappa shape index (κ3) is 5.09. The van der Waals surface area contributed by atoms with E-state index in [2.05, 4.69) is 32.4 Å². The van der Waals surface area contributed by atoms with E-state index in [1.54, 1.807) is 13.4 Å². The number of methoxy groups -OCH3 is 1. The van der Waals surface area contributed by atoms with Gasteiger partial charge in [0, 0.05) is 35.8 Å². The van der Waals surface area contributed by atoms with Gasteiger partial charge in [0.2, 0.25) is 0 Å². The van der Waals surface area contributed by atoms with Gasteiger partial charge < -0.3 is 24.8 Å². The van der Waals surface area contributed by atoms with Crippen molar-refractivity contribution in [2.75, 3.05) is 32.1 Å². The van der Waals surface area contributed by atoms with E-state index in [0.29, 0.717) is 23.9 Å². The summed E-state index contributed by atoms with van der Waals surface area (Å²) >= 11 is 0. The van der Waals surface area contributed by atoms with Crippen LogP contribution in [-0.2, 0) is 4.74 Å². The van der Waals surface area contributed by atoms with Crippen LogP contribution < -0.4 is 20.1 Å². The first kappa shape index (κ1) is 21.7. The number of aromatic nitrogens is 2. The predicted molar refractivity (Wildman–Crippen MR) is 132 cm³/mol. The largest absolute Gasteiger partial charge is 0.493 e. The molecule has 0 bridgehead atoms. The Labute approximate surface area is 198 Å². The summed E-state index contributed by atoms with van der Waals surface area (Å²) in [5.74, 6) is 9.06. The molecule has 0 radical (unpaired) electrons. The molecule has 7 heteroatoms. The van der Waals surface area contributed by atoms with E-state index in [4.69, 9.17) is 14.2 Å². The predicted octanol–water partition coefficient (Wildman–Crippen LogP) is 4.51. The summed E-state index contributed by atoms with van der Waals surface area (Å²) in [6.45, 7) is 2.28. The molecule has 2 N–H and O–H groups in total. The first-order valence-corrected chi connectivity index (χ1v) is 11.0. The highest BCUT2D eigenvalue weighted by molar-refractivity contribution is 5.91. The summed E-state index contributed by atoms with van der Waals surface area (Å²) < 4.78 is 17.2. The Morgan fingerprint density at radius 3 is 2.76 bits per heavy atom. The average molecular weight is 453 g/mol. The number of nitrogens with one attached hydrogen (secondary N) is 2. The lowest BCUT2D eigenvalue weighted by Crippen LogP contribution is -2.37. The van der Waals surface area contributed by atoms with Gasteiger partial charge in [-0.1, -0.05) is 30.0 Å². The Bertz CT molecular complexity index is 1340. The lowest BCUT2D eigenvalue weighted by Gasteiger charge is -2.18. The third-order valence-electron chi connectivity index (χ3n) is 5.34. The maximum absolute atomic E-state index is 5.96. The molecule has 1 aliphatic heterocycles. The Hall–Kier alpha value is -4.12. The molecule has 3 aromatic carbocycles. The number of hydrogen-bond acceptors (Lipinski definition) is 7. The lowest BCUT2D eigenvalue weighted by atomic mass is 10.1. The standard InChI is InChI=1S/C27H24N4O3/c1-32-26-16-20(9-12-25(26)34-21-5-3-2-4-6-21)31-27-23-15-19(8-11-24(23)29-18-30-27)7-10-22-17-28-13-14-33-22/h2-6,8-9,11-12,15-16,18,22,28H,13-14,17H2,1H3,(H,29,30,31). The molecule has 0 spiro atoms. The van der Waals surface area contributed by atoms with Gasteiger partial charge >= 0.3 is 0 Å². The molecular formula is C27H24N4O3. The number of rotatable bonds is 5. The fourth-order valence-corrected chi connectivity index (χ4v) is 3.64. The number of anilines is 2. The van der Waals surface area contributed by atoms with E-state index in [9.17, 15) is 0 Å². The zero-order chi connectivity index (χ0) is 23.2. The molecule has 170 valence electrons. The van der Waals surface area contributed by atoms with Crippen molar-refractivity contribution in [1.29, 1.82) is 0 Å². The number of para-hydroxylation sites is 1. The summed E-state index contributed by atoms with van der Waals surface area (Å²) in [4.78, 5) is 8.85. The fraction of sp³-hybridized carbons (Fsp3) is 0.185. The molecule has 1 aliphatic rings.